The quantitative estimate of drug-likeness (QED) is 0.550. The van der Waals surface area contributed by atoms with Crippen molar-refractivity contribution in [2.45, 2.75) is 12.8 Å². The Kier molecular flexibility index (Phi) is 3.19. The minimum absolute atomic E-state index is 0.382. The van der Waals surface area contributed by atoms with Crippen molar-refractivity contribution in [3.05, 3.63) is 39.0 Å². The number of aryl methyl sites for hydroxylation is 1. The van der Waals surface area contributed by atoms with Gasteiger partial charge in [-0.15, -0.1) is 11.6 Å². The Balaban J connectivity index is 2.76. The van der Waals surface area contributed by atoms with Gasteiger partial charge >= 0.3 is 0 Å². The molecule has 0 amide bonds. The van der Waals surface area contributed by atoms with E-state index in [2.05, 4.69) is 20.9 Å². The number of alkyl halides is 1. The lowest BCUT2D eigenvalue weighted by Gasteiger charge is -2.05. The molecule has 0 fully saturated rings. The van der Waals surface area contributed by atoms with E-state index in [1.807, 2.05) is 25.1 Å². The van der Waals surface area contributed by atoms with Gasteiger partial charge < -0.3 is 0 Å². The second-order valence-corrected chi connectivity index (χ2v) is 4.85. The summed E-state index contributed by atoms with van der Waals surface area (Å²) in [5.74, 6) is 0.382. The van der Waals surface area contributed by atoms with Crippen molar-refractivity contribution in [2.24, 2.45) is 0 Å². The zero-order valence-electron chi connectivity index (χ0n) is 8.02. The van der Waals surface area contributed by atoms with Gasteiger partial charge in [-0.3, -0.25) is 0 Å². The van der Waals surface area contributed by atoms with Crippen LogP contribution in [0.2, 0.25) is 5.15 Å². The van der Waals surface area contributed by atoms with Crippen molar-refractivity contribution >= 4 is 50.0 Å². The third-order valence-electron chi connectivity index (χ3n) is 2.27. The van der Waals surface area contributed by atoms with Crippen molar-refractivity contribution in [3.63, 3.8) is 0 Å². The summed E-state index contributed by atoms with van der Waals surface area (Å²) in [6.45, 7) is 2.02. The van der Waals surface area contributed by atoms with Gasteiger partial charge in [-0.2, -0.15) is 0 Å². The molecule has 0 saturated heterocycles. The summed E-state index contributed by atoms with van der Waals surface area (Å²) in [4.78, 5) is 4.31. The summed E-state index contributed by atoms with van der Waals surface area (Å²) in [7, 11) is 0. The monoisotopic (exact) mass is 303 g/mol. The van der Waals surface area contributed by atoms with Gasteiger partial charge in [0.05, 0.1) is 11.4 Å². The molecule has 1 aromatic carbocycles. The van der Waals surface area contributed by atoms with E-state index < -0.39 is 0 Å². The molecule has 1 aromatic heterocycles. The Bertz CT molecular complexity index is 525. The molecular weight excluding hydrogens is 297 g/mol. The first-order valence-corrected chi connectivity index (χ1v) is 6.13. The Morgan fingerprint density at radius 1 is 1.33 bits per heavy atom. The van der Waals surface area contributed by atoms with E-state index in [9.17, 15) is 0 Å². The summed E-state index contributed by atoms with van der Waals surface area (Å²) < 4.78 is 1.07. The highest BCUT2D eigenvalue weighted by atomic mass is 79.9. The molecule has 0 radical (unpaired) electrons. The number of nitrogens with zero attached hydrogens (tertiary/aromatic N) is 1. The Morgan fingerprint density at radius 2 is 2.07 bits per heavy atom. The van der Waals surface area contributed by atoms with E-state index in [1.165, 1.54) is 0 Å². The number of hydrogen-bond donors (Lipinski definition) is 0. The minimum Gasteiger partial charge on any atom is -0.236 e. The number of aromatic nitrogens is 1. The summed E-state index contributed by atoms with van der Waals surface area (Å²) in [5.41, 5.74) is 2.90. The largest absolute Gasteiger partial charge is 0.236 e. The SMILES string of the molecule is Cc1cc2nc(Cl)c(CCl)cc2cc1Br. The van der Waals surface area contributed by atoms with E-state index in [1.54, 1.807) is 0 Å². The van der Waals surface area contributed by atoms with Gasteiger partial charge in [0.25, 0.3) is 0 Å². The Hall–Kier alpha value is -0.310. The van der Waals surface area contributed by atoms with Gasteiger partial charge in [0.1, 0.15) is 5.15 Å². The van der Waals surface area contributed by atoms with Crippen LogP contribution in [0.5, 0.6) is 0 Å². The zero-order valence-corrected chi connectivity index (χ0v) is 11.1. The van der Waals surface area contributed by atoms with Crippen molar-refractivity contribution in [3.8, 4) is 0 Å². The molecule has 0 N–H and O–H groups in total. The van der Waals surface area contributed by atoms with Gasteiger partial charge in [0.2, 0.25) is 0 Å². The zero-order chi connectivity index (χ0) is 11.0. The molecule has 0 unspecified atom stereocenters. The van der Waals surface area contributed by atoms with Crippen LogP contribution in [0.25, 0.3) is 10.9 Å². The lowest BCUT2D eigenvalue weighted by Crippen LogP contribution is -1.88. The highest BCUT2D eigenvalue weighted by Crippen LogP contribution is 2.26. The maximum atomic E-state index is 5.99. The number of rotatable bonds is 1. The van der Waals surface area contributed by atoms with Gasteiger partial charge in [-0.25, -0.2) is 4.98 Å². The maximum absolute atomic E-state index is 5.99. The van der Waals surface area contributed by atoms with Crippen LogP contribution in [0.4, 0.5) is 0 Å². The molecule has 0 saturated carbocycles. The normalized spacial score (nSPS) is 10.9. The number of fused-ring (bicyclic) bond motifs is 1. The summed E-state index contributed by atoms with van der Waals surface area (Å²) in [6, 6.07) is 6.01. The fourth-order valence-electron chi connectivity index (χ4n) is 1.41. The lowest BCUT2D eigenvalue weighted by atomic mass is 10.1. The Morgan fingerprint density at radius 3 is 2.73 bits per heavy atom. The van der Waals surface area contributed by atoms with Crippen LogP contribution in [0.15, 0.2) is 22.7 Å². The van der Waals surface area contributed by atoms with Crippen molar-refractivity contribution in [1.29, 1.82) is 0 Å². The van der Waals surface area contributed by atoms with E-state index >= 15 is 0 Å². The Labute approximate surface area is 107 Å². The van der Waals surface area contributed by atoms with Crippen LogP contribution in [0.1, 0.15) is 11.1 Å². The first kappa shape index (κ1) is 11.2. The molecule has 0 aliphatic rings. The molecule has 0 aliphatic heterocycles. The predicted molar refractivity (Wildman–Crippen MR) is 68.7 cm³/mol. The predicted octanol–water partition coefficient (Wildman–Crippen LogP) is 4.70. The summed E-state index contributed by atoms with van der Waals surface area (Å²) in [5, 5.41) is 1.53. The van der Waals surface area contributed by atoms with Gasteiger partial charge in [0.15, 0.2) is 0 Å². The first-order chi connectivity index (χ1) is 7.11. The highest BCUT2D eigenvalue weighted by molar-refractivity contribution is 9.10. The average molecular weight is 305 g/mol. The number of hydrogen-bond acceptors (Lipinski definition) is 1. The third-order valence-corrected chi connectivity index (χ3v) is 3.73. The standard InChI is InChI=1S/C11H8BrCl2N/c1-6-2-10-7(4-9(6)12)3-8(5-13)11(14)15-10/h2-4H,5H2,1H3. The summed E-state index contributed by atoms with van der Waals surface area (Å²) >= 11 is 15.2. The minimum atomic E-state index is 0.382. The van der Waals surface area contributed by atoms with E-state index in [0.717, 1.165) is 26.5 Å². The van der Waals surface area contributed by atoms with Crippen LogP contribution in [-0.4, -0.2) is 4.98 Å². The van der Waals surface area contributed by atoms with Crippen molar-refractivity contribution in [2.75, 3.05) is 0 Å². The second-order valence-electron chi connectivity index (χ2n) is 3.37. The third kappa shape index (κ3) is 2.12. The highest BCUT2D eigenvalue weighted by Gasteiger charge is 2.05. The van der Waals surface area contributed by atoms with Crippen molar-refractivity contribution in [1.82, 2.24) is 4.98 Å². The molecular formula is C11H8BrCl2N. The van der Waals surface area contributed by atoms with Crippen molar-refractivity contribution < 1.29 is 0 Å². The average Bonchev–Trinajstić information content (AvgIpc) is 2.20. The van der Waals surface area contributed by atoms with Crippen LogP contribution in [0, 0.1) is 6.92 Å². The molecule has 4 heteroatoms. The molecule has 1 heterocycles. The van der Waals surface area contributed by atoms with Crippen LogP contribution < -0.4 is 0 Å². The molecule has 1 nitrogen and oxygen atoms in total. The van der Waals surface area contributed by atoms with Crippen LogP contribution in [-0.2, 0) is 5.88 Å². The van der Waals surface area contributed by atoms with E-state index in [-0.39, 0.29) is 0 Å². The number of benzene rings is 1. The van der Waals surface area contributed by atoms with E-state index in [0.29, 0.717) is 11.0 Å². The van der Waals surface area contributed by atoms with Gasteiger partial charge in [0, 0.05) is 15.4 Å². The first-order valence-electron chi connectivity index (χ1n) is 4.43. The van der Waals surface area contributed by atoms with E-state index in [4.69, 9.17) is 23.2 Å². The molecule has 78 valence electrons. The molecule has 0 atom stereocenters. The molecule has 0 bridgehead atoms. The smallest absolute Gasteiger partial charge is 0.134 e. The molecule has 0 aliphatic carbocycles. The van der Waals surface area contributed by atoms with Gasteiger partial charge in [-0.1, -0.05) is 27.5 Å². The number of pyridine rings is 1. The van der Waals surface area contributed by atoms with Crippen LogP contribution >= 0.6 is 39.1 Å². The molecule has 15 heavy (non-hydrogen) atoms. The molecule has 2 aromatic rings. The van der Waals surface area contributed by atoms with Crippen LogP contribution in [0.3, 0.4) is 0 Å². The topological polar surface area (TPSA) is 12.9 Å². The summed E-state index contributed by atoms with van der Waals surface area (Å²) in [6.07, 6.45) is 0. The van der Waals surface area contributed by atoms with Gasteiger partial charge in [-0.05, 0) is 30.7 Å². The molecule has 2 rings (SSSR count). The number of halogens is 3. The fourth-order valence-corrected chi connectivity index (χ4v) is 2.26. The molecule has 0 spiro atoms. The second kappa shape index (κ2) is 4.28. The maximum Gasteiger partial charge on any atom is 0.134 e. The lowest BCUT2D eigenvalue weighted by molar-refractivity contribution is 1.29. The fraction of sp³-hybridized carbons (Fsp3) is 0.182.